The molecule has 1 unspecified atom stereocenters. The number of rotatable bonds is 46. The lowest BCUT2D eigenvalue weighted by atomic mass is 10.0. The molecule has 0 heterocycles. The lowest BCUT2D eigenvalue weighted by Crippen LogP contribution is -2.29. The second-order valence-corrected chi connectivity index (χ2v) is 17.8. The van der Waals surface area contributed by atoms with Gasteiger partial charge in [-0.3, -0.25) is 18.6 Å². The Labute approximate surface area is 351 Å². The fourth-order valence-corrected chi connectivity index (χ4v) is 7.81. The van der Waals surface area contributed by atoms with Crippen molar-refractivity contribution < 1.29 is 37.6 Å². The number of hydrogen-bond donors (Lipinski definition) is 2. The molecule has 2 atom stereocenters. The highest BCUT2D eigenvalue weighted by molar-refractivity contribution is 7.47. The first-order valence-corrected chi connectivity index (χ1v) is 25.7. The Kier molecular flexibility index (Phi) is 43.3. The first-order valence-electron chi connectivity index (χ1n) is 24.2. The number of nitrogens with two attached hydrogens (primary N) is 1. The molecule has 0 fully saturated rings. The summed E-state index contributed by atoms with van der Waals surface area (Å²) in [6.45, 7) is 3.75. The lowest BCUT2D eigenvalue weighted by molar-refractivity contribution is -0.161. The smallest absolute Gasteiger partial charge is 0.462 e. The molecule has 0 radical (unpaired) electrons. The fourth-order valence-electron chi connectivity index (χ4n) is 7.04. The van der Waals surface area contributed by atoms with Crippen LogP contribution in [0.2, 0.25) is 0 Å². The number of carbonyl (C=O) groups excluding carboxylic acids is 2. The second-order valence-electron chi connectivity index (χ2n) is 16.3. The maximum Gasteiger partial charge on any atom is 0.472 e. The molecule has 3 N–H and O–H groups in total. The van der Waals surface area contributed by atoms with E-state index >= 15 is 0 Å². The highest BCUT2D eigenvalue weighted by Gasteiger charge is 2.26. The van der Waals surface area contributed by atoms with Crippen LogP contribution in [0.25, 0.3) is 0 Å². The number of phosphoric ester groups is 1. The van der Waals surface area contributed by atoms with Gasteiger partial charge in [-0.25, -0.2) is 4.57 Å². The molecule has 0 aliphatic heterocycles. The van der Waals surface area contributed by atoms with Gasteiger partial charge in [-0.15, -0.1) is 0 Å². The summed E-state index contributed by atoms with van der Waals surface area (Å²) in [5, 5.41) is 0. The minimum atomic E-state index is -4.38. The summed E-state index contributed by atoms with van der Waals surface area (Å²) in [6.07, 6.45) is 46.9. The van der Waals surface area contributed by atoms with Crippen LogP contribution in [0.5, 0.6) is 0 Å². The second kappa shape index (κ2) is 44.3. The Balaban J connectivity index is 3.98. The van der Waals surface area contributed by atoms with Crippen LogP contribution in [0.4, 0.5) is 0 Å². The first-order chi connectivity index (χ1) is 27.8. The molecule has 0 aromatic rings. The number of esters is 2. The van der Waals surface area contributed by atoms with E-state index in [-0.39, 0.29) is 38.6 Å². The van der Waals surface area contributed by atoms with Crippen LogP contribution in [-0.2, 0) is 32.7 Å². The van der Waals surface area contributed by atoms with Crippen LogP contribution in [0.3, 0.4) is 0 Å². The number of ether oxygens (including phenoxy) is 2. The fraction of sp³-hybridized carbons (Fsp3) is 0.915. The Bertz CT molecular complexity index is 948. The van der Waals surface area contributed by atoms with Crippen molar-refractivity contribution >= 4 is 19.8 Å². The summed E-state index contributed by atoms with van der Waals surface area (Å²) in [4.78, 5) is 34.9. The van der Waals surface area contributed by atoms with Crippen molar-refractivity contribution in [3.63, 3.8) is 0 Å². The van der Waals surface area contributed by atoms with Crippen LogP contribution in [0, 0.1) is 0 Å². The molecule has 0 aliphatic rings. The van der Waals surface area contributed by atoms with Gasteiger partial charge >= 0.3 is 19.8 Å². The maximum atomic E-state index is 12.6. The predicted octanol–water partition coefficient (Wildman–Crippen LogP) is 14.2. The molecule has 10 heteroatoms. The average molecular weight is 830 g/mol. The van der Waals surface area contributed by atoms with E-state index in [0.29, 0.717) is 6.42 Å². The largest absolute Gasteiger partial charge is 0.472 e. The number of carbonyl (C=O) groups is 2. The minimum absolute atomic E-state index is 0.0540. The molecule has 0 aromatic heterocycles. The van der Waals surface area contributed by atoms with Gasteiger partial charge in [-0.1, -0.05) is 206 Å². The number of hydrogen-bond acceptors (Lipinski definition) is 8. The Morgan fingerprint density at radius 1 is 0.509 bits per heavy atom. The van der Waals surface area contributed by atoms with Crippen molar-refractivity contribution in [2.24, 2.45) is 5.73 Å². The molecule has 0 aromatic carbocycles. The highest BCUT2D eigenvalue weighted by Crippen LogP contribution is 2.43. The summed E-state index contributed by atoms with van der Waals surface area (Å²) in [5.74, 6) is -0.834. The molecule has 9 nitrogen and oxygen atoms in total. The Morgan fingerprint density at radius 2 is 0.860 bits per heavy atom. The predicted molar refractivity (Wildman–Crippen MR) is 238 cm³/mol. The van der Waals surface area contributed by atoms with E-state index in [1.54, 1.807) is 0 Å². The molecule has 0 spiro atoms. The number of allylic oxidation sites excluding steroid dienone is 2. The highest BCUT2D eigenvalue weighted by atomic mass is 31.2. The van der Waals surface area contributed by atoms with Crippen LogP contribution >= 0.6 is 7.82 Å². The molecule has 338 valence electrons. The van der Waals surface area contributed by atoms with Crippen molar-refractivity contribution in [2.75, 3.05) is 26.4 Å². The van der Waals surface area contributed by atoms with Crippen molar-refractivity contribution in [1.29, 1.82) is 0 Å². The maximum absolute atomic E-state index is 12.6. The molecule has 57 heavy (non-hydrogen) atoms. The zero-order chi connectivity index (χ0) is 41.8. The molecule has 0 bridgehead atoms. The van der Waals surface area contributed by atoms with Crippen molar-refractivity contribution in [3.8, 4) is 0 Å². The van der Waals surface area contributed by atoms with Gasteiger partial charge in [-0.05, 0) is 38.5 Å². The van der Waals surface area contributed by atoms with Crippen molar-refractivity contribution in [2.45, 2.75) is 251 Å². The van der Waals surface area contributed by atoms with E-state index in [9.17, 15) is 19.0 Å². The Morgan fingerprint density at radius 3 is 1.26 bits per heavy atom. The SMILES string of the molecule is CCCCCCCC/C=C/CCCCCC(=O)O[C@@H](COC(=O)CCCCCCCCCCCCCCCCCCCCCCCCC)COP(=O)(O)OCCN. The van der Waals surface area contributed by atoms with Gasteiger partial charge in [0.25, 0.3) is 0 Å². The van der Waals surface area contributed by atoms with Crippen LogP contribution in [0.1, 0.15) is 245 Å². The number of phosphoric acid groups is 1. The molecule has 0 amide bonds. The molecular formula is C47H92NO8P. The number of unbranched alkanes of at least 4 members (excludes halogenated alkanes) is 31. The van der Waals surface area contributed by atoms with Crippen molar-refractivity contribution in [3.05, 3.63) is 12.2 Å². The van der Waals surface area contributed by atoms with Gasteiger partial charge in [0.2, 0.25) is 0 Å². The van der Waals surface area contributed by atoms with Gasteiger partial charge in [-0.2, -0.15) is 0 Å². The summed E-state index contributed by atoms with van der Waals surface area (Å²) in [5.41, 5.74) is 5.35. The topological polar surface area (TPSA) is 134 Å². The van der Waals surface area contributed by atoms with Gasteiger partial charge in [0, 0.05) is 19.4 Å². The standard InChI is InChI=1S/C47H92NO8P/c1-3-5-7-9-11-13-15-17-18-19-20-21-22-23-24-25-26-28-29-31-33-35-37-39-46(49)53-43-45(44-55-57(51,52)54-42-41-48)56-47(50)40-38-36-34-32-30-27-16-14-12-10-8-6-4-2/h27,30,45H,3-26,28-29,31-44,48H2,1-2H3,(H,51,52)/b30-27+/t45-/m0/s1. The molecular weight excluding hydrogens is 737 g/mol. The quantitative estimate of drug-likeness (QED) is 0.0266. The van der Waals surface area contributed by atoms with E-state index in [1.165, 1.54) is 167 Å². The van der Waals surface area contributed by atoms with Crippen LogP contribution < -0.4 is 5.73 Å². The monoisotopic (exact) mass is 830 g/mol. The first kappa shape index (κ1) is 55.8. The van der Waals surface area contributed by atoms with Gasteiger partial charge in [0.1, 0.15) is 6.61 Å². The normalized spacial score (nSPS) is 13.3. The third-order valence-electron chi connectivity index (χ3n) is 10.7. The van der Waals surface area contributed by atoms with E-state index in [4.69, 9.17) is 24.3 Å². The summed E-state index contributed by atoms with van der Waals surface area (Å²) in [7, 11) is -4.38. The summed E-state index contributed by atoms with van der Waals surface area (Å²) < 4.78 is 32.8. The summed E-state index contributed by atoms with van der Waals surface area (Å²) in [6, 6.07) is 0. The van der Waals surface area contributed by atoms with Crippen LogP contribution in [-0.4, -0.2) is 49.3 Å². The van der Waals surface area contributed by atoms with Gasteiger partial charge < -0.3 is 20.1 Å². The van der Waals surface area contributed by atoms with E-state index in [0.717, 1.165) is 44.9 Å². The van der Waals surface area contributed by atoms with E-state index in [2.05, 4.69) is 26.0 Å². The Hall–Kier alpha value is -1.25. The van der Waals surface area contributed by atoms with E-state index < -0.39 is 26.5 Å². The molecule has 0 saturated carbocycles. The zero-order valence-electron chi connectivity index (χ0n) is 37.3. The third kappa shape index (κ3) is 44.1. The van der Waals surface area contributed by atoms with Gasteiger partial charge in [0.15, 0.2) is 6.10 Å². The molecule has 0 aliphatic carbocycles. The third-order valence-corrected chi connectivity index (χ3v) is 11.6. The molecule has 0 rings (SSSR count). The minimum Gasteiger partial charge on any atom is -0.462 e. The average Bonchev–Trinajstić information content (AvgIpc) is 3.20. The van der Waals surface area contributed by atoms with Crippen LogP contribution in [0.15, 0.2) is 12.2 Å². The summed E-state index contributed by atoms with van der Waals surface area (Å²) >= 11 is 0. The van der Waals surface area contributed by atoms with E-state index in [1.807, 2.05) is 0 Å². The molecule has 0 saturated heterocycles. The van der Waals surface area contributed by atoms with Gasteiger partial charge in [0.05, 0.1) is 13.2 Å². The lowest BCUT2D eigenvalue weighted by Gasteiger charge is -2.19. The zero-order valence-corrected chi connectivity index (χ0v) is 38.2. The van der Waals surface area contributed by atoms with Crippen molar-refractivity contribution in [1.82, 2.24) is 0 Å².